The summed E-state index contributed by atoms with van der Waals surface area (Å²) in [7, 11) is 0. The predicted molar refractivity (Wildman–Crippen MR) is 87.1 cm³/mol. The number of nitrogens with zero attached hydrogens (tertiary/aromatic N) is 1. The number of fused-ring (bicyclic) bond motifs is 1. The van der Waals surface area contributed by atoms with E-state index in [0.717, 1.165) is 27.7 Å². The van der Waals surface area contributed by atoms with Crippen molar-refractivity contribution in [3.8, 4) is 0 Å². The zero-order valence-electron chi connectivity index (χ0n) is 11.8. The second kappa shape index (κ2) is 5.71. The van der Waals surface area contributed by atoms with E-state index < -0.39 is 0 Å². The van der Waals surface area contributed by atoms with Crippen LogP contribution in [0.25, 0.3) is 23.1 Å². The first-order valence-electron chi connectivity index (χ1n) is 6.87. The average molecular weight is 273 g/mol. The van der Waals surface area contributed by atoms with Gasteiger partial charge >= 0.3 is 0 Å². The van der Waals surface area contributed by atoms with Gasteiger partial charge in [0.15, 0.2) is 5.78 Å². The van der Waals surface area contributed by atoms with Gasteiger partial charge in [-0.3, -0.25) is 4.79 Å². The van der Waals surface area contributed by atoms with Crippen molar-refractivity contribution in [1.82, 2.24) is 4.98 Å². The van der Waals surface area contributed by atoms with Gasteiger partial charge < -0.3 is 0 Å². The van der Waals surface area contributed by atoms with Gasteiger partial charge in [-0.25, -0.2) is 4.98 Å². The molecule has 0 amide bonds. The number of hydrogen-bond donors (Lipinski definition) is 0. The van der Waals surface area contributed by atoms with Gasteiger partial charge in [-0.1, -0.05) is 48.5 Å². The molecule has 102 valence electrons. The zero-order chi connectivity index (χ0) is 14.7. The predicted octanol–water partition coefficient (Wildman–Crippen LogP) is 4.61. The number of carbonyl (C=O) groups excluding carboxylic acids is 1. The number of pyridine rings is 1. The van der Waals surface area contributed by atoms with Crippen molar-refractivity contribution in [2.24, 2.45) is 0 Å². The van der Waals surface area contributed by atoms with E-state index in [1.54, 1.807) is 6.92 Å². The molecule has 21 heavy (non-hydrogen) atoms. The summed E-state index contributed by atoms with van der Waals surface area (Å²) in [5.41, 5.74) is 3.61. The van der Waals surface area contributed by atoms with Crippen LogP contribution in [0.5, 0.6) is 0 Å². The van der Waals surface area contributed by atoms with Crippen LogP contribution in [0.1, 0.15) is 28.5 Å². The van der Waals surface area contributed by atoms with E-state index in [0.29, 0.717) is 0 Å². The Balaban J connectivity index is 1.90. The number of para-hydroxylation sites is 1. The molecule has 3 rings (SSSR count). The Labute approximate surface area is 123 Å². The maximum absolute atomic E-state index is 11.4. The molecule has 0 fully saturated rings. The van der Waals surface area contributed by atoms with Crippen molar-refractivity contribution < 1.29 is 4.79 Å². The number of aromatic nitrogens is 1. The highest BCUT2D eigenvalue weighted by atomic mass is 16.1. The highest BCUT2D eigenvalue weighted by Crippen LogP contribution is 2.14. The molecular formula is C19H15NO. The Morgan fingerprint density at radius 2 is 1.81 bits per heavy atom. The van der Waals surface area contributed by atoms with Crippen molar-refractivity contribution >= 4 is 28.8 Å². The number of benzene rings is 2. The van der Waals surface area contributed by atoms with Crippen LogP contribution in [0.15, 0.2) is 60.7 Å². The maximum Gasteiger partial charge on any atom is 0.159 e. The van der Waals surface area contributed by atoms with E-state index in [1.807, 2.05) is 66.7 Å². The smallest absolute Gasteiger partial charge is 0.159 e. The van der Waals surface area contributed by atoms with Crippen LogP contribution >= 0.6 is 0 Å². The molecule has 0 N–H and O–H groups in total. The van der Waals surface area contributed by atoms with Gasteiger partial charge in [0.25, 0.3) is 0 Å². The fraction of sp³-hybridized carbons (Fsp3) is 0.0526. The average Bonchev–Trinajstić information content (AvgIpc) is 2.53. The third-order valence-electron chi connectivity index (χ3n) is 3.36. The van der Waals surface area contributed by atoms with Crippen molar-refractivity contribution in [3.63, 3.8) is 0 Å². The lowest BCUT2D eigenvalue weighted by Gasteiger charge is -2.00. The monoisotopic (exact) mass is 273 g/mol. The van der Waals surface area contributed by atoms with Gasteiger partial charge in [0.1, 0.15) is 0 Å². The number of carbonyl (C=O) groups is 1. The van der Waals surface area contributed by atoms with E-state index >= 15 is 0 Å². The van der Waals surface area contributed by atoms with Gasteiger partial charge in [-0.2, -0.15) is 0 Å². The Kier molecular flexibility index (Phi) is 3.61. The van der Waals surface area contributed by atoms with E-state index in [1.165, 1.54) is 0 Å². The molecule has 0 bridgehead atoms. The Morgan fingerprint density at radius 1 is 0.952 bits per heavy atom. The van der Waals surface area contributed by atoms with E-state index in [-0.39, 0.29) is 5.78 Å². The first-order chi connectivity index (χ1) is 10.2. The molecule has 3 aromatic rings. The topological polar surface area (TPSA) is 30.0 Å². The van der Waals surface area contributed by atoms with Crippen molar-refractivity contribution in [3.05, 3.63) is 77.5 Å². The van der Waals surface area contributed by atoms with Gasteiger partial charge in [0.2, 0.25) is 0 Å². The molecule has 0 aliphatic carbocycles. The van der Waals surface area contributed by atoms with E-state index in [2.05, 4.69) is 11.1 Å². The van der Waals surface area contributed by atoms with Crippen molar-refractivity contribution in [2.45, 2.75) is 6.92 Å². The van der Waals surface area contributed by atoms with Crippen LogP contribution in [-0.2, 0) is 0 Å². The molecule has 2 nitrogen and oxygen atoms in total. The van der Waals surface area contributed by atoms with Gasteiger partial charge in [-0.15, -0.1) is 0 Å². The Hall–Kier alpha value is -2.74. The third-order valence-corrected chi connectivity index (χ3v) is 3.36. The highest BCUT2D eigenvalue weighted by molar-refractivity contribution is 5.94. The maximum atomic E-state index is 11.4. The quantitative estimate of drug-likeness (QED) is 0.652. The molecule has 1 aromatic heterocycles. The minimum atomic E-state index is 0.0779. The molecule has 1 heterocycles. The molecule has 0 atom stereocenters. The molecule has 0 aliphatic heterocycles. The van der Waals surface area contributed by atoms with Crippen LogP contribution < -0.4 is 0 Å². The minimum absolute atomic E-state index is 0.0779. The summed E-state index contributed by atoms with van der Waals surface area (Å²) in [6, 6.07) is 19.7. The van der Waals surface area contributed by atoms with Crippen molar-refractivity contribution in [1.29, 1.82) is 0 Å². The normalized spacial score (nSPS) is 11.1. The van der Waals surface area contributed by atoms with Gasteiger partial charge in [0, 0.05) is 10.9 Å². The Morgan fingerprint density at radius 3 is 2.67 bits per heavy atom. The largest absolute Gasteiger partial charge is 0.295 e. The van der Waals surface area contributed by atoms with Crippen LogP contribution in [0.2, 0.25) is 0 Å². The summed E-state index contributed by atoms with van der Waals surface area (Å²) >= 11 is 0. The summed E-state index contributed by atoms with van der Waals surface area (Å²) in [6.07, 6.45) is 3.94. The summed E-state index contributed by atoms with van der Waals surface area (Å²) in [5.74, 6) is 0.0779. The second-order valence-electron chi connectivity index (χ2n) is 4.94. The number of hydrogen-bond acceptors (Lipinski definition) is 2. The Bertz CT molecular complexity index is 834. The lowest BCUT2D eigenvalue weighted by molar-refractivity contribution is 0.101. The molecule has 2 heteroatoms. The van der Waals surface area contributed by atoms with Gasteiger partial charge in [-0.05, 0) is 36.8 Å². The first-order valence-corrected chi connectivity index (χ1v) is 6.87. The standard InChI is InChI=1S/C19H15NO/c1-14(21)17-7-4-5-15(13-17)9-11-18-12-10-16-6-2-3-8-19(16)20-18/h2-13H,1H3. The lowest BCUT2D eigenvalue weighted by atomic mass is 10.1. The third kappa shape index (κ3) is 3.06. The fourth-order valence-corrected chi connectivity index (χ4v) is 2.22. The lowest BCUT2D eigenvalue weighted by Crippen LogP contribution is -1.91. The molecule has 0 unspecified atom stereocenters. The molecule has 0 saturated heterocycles. The molecule has 2 aromatic carbocycles. The van der Waals surface area contributed by atoms with Crippen LogP contribution in [0.3, 0.4) is 0 Å². The number of rotatable bonds is 3. The van der Waals surface area contributed by atoms with E-state index in [4.69, 9.17) is 0 Å². The molecule has 0 aliphatic rings. The molecule has 0 spiro atoms. The minimum Gasteiger partial charge on any atom is -0.295 e. The number of Topliss-reactive ketones (excluding diaryl/α,β-unsaturated/α-hetero) is 1. The van der Waals surface area contributed by atoms with Gasteiger partial charge in [0.05, 0.1) is 11.2 Å². The highest BCUT2D eigenvalue weighted by Gasteiger charge is 1.99. The van der Waals surface area contributed by atoms with Crippen molar-refractivity contribution in [2.75, 3.05) is 0 Å². The first kappa shape index (κ1) is 13.3. The fourth-order valence-electron chi connectivity index (χ4n) is 2.22. The molecular weight excluding hydrogens is 258 g/mol. The molecule has 0 saturated carbocycles. The number of ketones is 1. The van der Waals surface area contributed by atoms with E-state index in [9.17, 15) is 4.79 Å². The summed E-state index contributed by atoms with van der Waals surface area (Å²) in [6.45, 7) is 1.58. The summed E-state index contributed by atoms with van der Waals surface area (Å²) in [5, 5.41) is 1.13. The summed E-state index contributed by atoms with van der Waals surface area (Å²) in [4.78, 5) is 16.0. The molecule has 0 radical (unpaired) electrons. The van der Waals surface area contributed by atoms with Crippen LogP contribution in [0, 0.1) is 0 Å². The zero-order valence-corrected chi connectivity index (χ0v) is 11.8. The SMILES string of the molecule is CC(=O)c1cccc(C=Cc2ccc3ccccc3n2)c1. The van der Waals surface area contributed by atoms with Crippen LogP contribution in [-0.4, -0.2) is 10.8 Å². The van der Waals surface area contributed by atoms with Crippen LogP contribution in [0.4, 0.5) is 0 Å². The summed E-state index contributed by atoms with van der Waals surface area (Å²) < 4.78 is 0. The second-order valence-corrected chi connectivity index (χ2v) is 4.94.